The van der Waals surface area contributed by atoms with Crippen LogP contribution in [-0.2, 0) is 0 Å². The minimum absolute atomic E-state index is 0.123. The van der Waals surface area contributed by atoms with Crippen LogP contribution in [-0.4, -0.2) is 67.9 Å². The zero-order valence-electron chi connectivity index (χ0n) is 19.8. The largest absolute Gasteiger partial charge is 0.341 e. The van der Waals surface area contributed by atoms with Gasteiger partial charge >= 0.3 is 6.03 Å². The van der Waals surface area contributed by atoms with Crippen molar-refractivity contribution in [3.05, 3.63) is 64.9 Å². The molecule has 2 aromatic heterocycles. The highest BCUT2D eigenvalue weighted by molar-refractivity contribution is 5.78. The van der Waals surface area contributed by atoms with Crippen LogP contribution in [0.25, 0.3) is 5.82 Å². The lowest BCUT2D eigenvalue weighted by Gasteiger charge is -2.37. The molecule has 1 fully saturated rings. The fourth-order valence-corrected chi connectivity index (χ4v) is 4.49. The van der Waals surface area contributed by atoms with E-state index >= 15 is 0 Å². The Morgan fingerprint density at radius 3 is 2.58 bits per heavy atom. The van der Waals surface area contributed by atoms with E-state index in [1.165, 1.54) is 11.1 Å². The first kappa shape index (κ1) is 23.3. The molecule has 5 rings (SSSR count). The summed E-state index contributed by atoms with van der Waals surface area (Å²) in [6.45, 7) is 5.25. The van der Waals surface area contributed by atoms with Gasteiger partial charge in [0.15, 0.2) is 11.6 Å². The van der Waals surface area contributed by atoms with E-state index in [0.717, 1.165) is 18.0 Å². The molecule has 184 valence electrons. The standard InChI is InChI=1S/C24H23F2N9O/c1-15-14-34(16(2)30-15)22-20(26)13-28-23(31-22)32-5-7-33(8-6-32)24(36)35-21(3-4-29-35)18-9-17(12-27)10-19(25)11-18/h4,9-11,13-14,21H,3,5-8H2,1-2H3. The normalized spacial score (nSPS) is 17.5. The van der Waals surface area contributed by atoms with E-state index < -0.39 is 17.7 Å². The number of anilines is 1. The highest BCUT2D eigenvalue weighted by atomic mass is 19.1. The van der Waals surface area contributed by atoms with Gasteiger partial charge in [0.1, 0.15) is 11.6 Å². The molecule has 2 aliphatic rings. The fourth-order valence-electron chi connectivity index (χ4n) is 4.49. The minimum atomic E-state index is -0.553. The molecule has 1 unspecified atom stereocenters. The molecule has 0 aliphatic carbocycles. The number of nitrogens with zero attached hydrogens (tertiary/aromatic N) is 9. The Labute approximate surface area is 206 Å². The van der Waals surface area contributed by atoms with Crippen molar-refractivity contribution in [1.82, 2.24) is 29.4 Å². The van der Waals surface area contributed by atoms with Crippen LogP contribution in [0.1, 0.15) is 35.1 Å². The molecule has 12 heteroatoms. The number of hydrogen-bond acceptors (Lipinski definition) is 7. The zero-order valence-corrected chi connectivity index (χ0v) is 19.8. The summed E-state index contributed by atoms with van der Waals surface area (Å²) in [6, 6.07) is 5.21. The number of aromatic nitrogens is 4. The van der Waals surface area contributed by atoms with Gasteiger partial charge in [-0.25, -0.2) is 28.6 Å². The Kier molecular flexibility index (Phi) is 6.05. The van der Waals surface area contributed by atoms with E-state index in [-0.39, 0.29) is 17.4 Å². The molecule has 4 heterocycles. The van der Waals surface area contributed by atoms with E-state index in [2.05, 4.69) is 20.1 Å². The number of nitriles is 1. The van der Waals surface area contributed by atoms with E-state index in [1.54, 1.807) is 34.9 Å². The highest BCUT2D eigenvalue weighted by Gasteiger charge is 2.34. The van der Waals surface area contributed by atoms with Crippen molar-refractivity contribution >= 4 is 18.2 Å². The van der Waals surface area contributed by atoms with Crippen LogP contribution in [0.4, 0.5) is 19.5 Å². The predicted molar refractivity (Wildman–Crippen MR) is 127 cm³/mol. The predicted octanol–water partition coefficient (Wildman–Crippen LogP) is 3.10. The highest BCUT2D eigenvalue weighted by Crippen LogP contribution is 2.31. The first-order chi connectivity index (χ1) is 17.3. The van der Waals surface area contributed by atoms with Crippen molar-refractivity contribution in [3.63, 3.8) is 0 Å². The Balaban J connectivity index is 1.29. The second-order valence-corrected chi connectivity index (χ2v) is 8.68. The summed E-state index contributed by atoms with van der Waals surface area (Å²) in [7, 11) is 0. The summed E-state index contributed by atoms with van der Waals surface area (Å²) in [5, 5.41) is 14.7. The summed E-state index contributed by atoms with van der Waals surface area (Å²) < 4.78 is 30.1. The van der Waals surface area contributed by atoms with E-state index in [1.807, 2.05) is 17.9 Å². The molecular formula is C24H23F2N9O. The van der Waals surface area contributed by atoms with Gasteiger partial charge in [-0.2, -0.15) is 15.3 Å². The third-order valence-corrected chi connectivity index (χ3v) is 6.24. The molecule has 2 amide bonds. The van der Waals surface area contributed by atoms with Crippen LogP contribution < -0.4 is 4.90 Å². The lowest BCUT2D eigenvalue weighted by Crippen LogP contribution is -2.52. The number of halogens is 2. The maximum absolute atomic E-state index is 14.5. The molecule has 0 saturated carbocycles. The van der Waals surface area contributed by atoms with Crippen molar-refractivity contribution in [2.75, 3.05) is 31.1 Å². The van der Waals surface area contributed by atoms with E-state index in [4.69, 9.17) is 5.26 Å². The van der Waals surface area contributed by atoms with Gasteiger partial charge < -0.3 is 9.80 Å². The molecule has 10 nitrogen and oxygen atoms in total. The quantitative estimate of drug-likeness (QED) is 0.557. The number of imidazole rings is 1. The maximum Gasteiger partial charge on any atom is 0.341 e. The maximum atomic E-state index is 14.5. The van der Waals surface area contributed by atoms with Crippen molar-refractivity contribution in [3.8, 4) is 11.9 Å². The molecule has 0 bridgehead atoms. The number of urea groups is 1. The van der Waals surface area contributed by atoms with Gasteiger partial charge in [-0.05, 0) is 37.6 Å². The van der Waals surface area contributed by atoms with Crippen molar-refractivity contribution in [1.29, 1.82) is 5.26 Å². The van der Waals surface area contributed by atoms with Gasteiger partial charge in [0, 0.05) is 45.0 Å². The minimum Gasteiger partial charge on any atom is -0.337 e. The molecule has 0 radical (unpaired) electrons. The second kappa shape index (κ2) is 9.33. The number of aryl methyl sites for hydroxylation is 2. The second-order valence-electron chi connectivity index (χ2n) is 8.68. The first-order valence-electron chi connectivity index (χ1n) is 11.5. The molecule has 1 saturated heterocycles. The van der Waals surface area contributed by atoms with Crippen molar-refractivity contribution < 1.29 is 13.6 Å². The zero-order chi connectivity index (χ0) is 25.4. The molecule has 1 aromatic carbocycles. The summed E-state index contributed by atoms with van der Waals surface area (Å²) in [4.78, 5) is 29.7. The van der Waals surface area contributed by atoms with Crippen LogP contribution in [0.3, 0.4) is 0 Å². The van der Waals surface area contributed by atoms with E-state index in [0.29, 0.717) is 49.9 Å². The van der Waals surface area contributed by atoms with Gasteiger partial charge in [-0.1, -0.05) is 0 Å². The molecular weight excluding hydrogens is 468 g/mol. The number of carbonyl (C=O) groups excluding carboxylic acids is 1. The number of rotatable bonds is 3. The lowest BCUT2D eigenvalue weighted by atomic mass is 10.0. The van der Waals surface area contributed by atoms with Gasteiger partial charge in [-0.15, -0.1) is 0 Å². The van der Waals surface area contributed by atoms with Crippen LogP contribution in [0.15, 0.2) is 35.7 Å². The molecule has 36 heavy (non-hydrogen) atoms. The molecule has 2 aliphatic heterocycles. The van der Waals surface area contributed by atoms with Crippen LogP contribution in [0, 0.1) is 36.8 Å². The van der Waals surface area contributed by atoms with Gasteiger partial charge in [0.05, 0.1) is 29.6 Å². The van der Waals surface area contributed by atoms with Crippen molar-refractivity contribution in [2.24, 2.45) is 5.10 Å². The Morgan fingerprint density at radius 1 is 1.11 bits per heavy atom. The van der Waals surface area contributed by atoms with Crippen molar-refractivity contribution in [2.45, 2.75) is 26.3 Å². The van der Waals surface area contributed by atoms with Gasteiger partial charge in [0.25, 0.3) is 0 Å². The summed E-state index contributed by atoms with van der Waals surface area (Å²) in [5.41, 5.74) is 1.47. The average molecular weight is 492 g/mol. The topological polar surface area (TPSA) is 107 Å². The number of carbonyl (C=O) groups is 1. The van der Waals surface area contributed by atoms with Crippen LogP contribution >= 0.6 is 0 Å². The molecule has 3 aromatic rings. The Morgan fingerprint density at radius 2 is 1.89 bits per heavy atom. The van der Waals surface area contributed by atoms with Crippen LogP contribution in [0.5, 0.6) is 0 Å². The third-order valence-electron chi connectivity index (χ3n) is 6.24. The number of piperazine rings is 1. The monoisotopic (exact) mass is 491 g/mol. The van der Waals surface area contributed by atoms with E-state index in [9.17, 15) is 13.6 Å². The number of hydrogen-bond donors (Lipinski definition) is 0. The van der Waals surface area contributed by atoms with Gasteiger partial charge in [0.2, 0.25) is 5.95 Å². The molecule has 0 N–H and O–H groups in total. The fraction of sp³-hybridized carbons (Fsp3) is 0.333. The van der Waals surface area contributed by atoms with Crippen LogP contribution in [0.2, 0.25) is 0 Å². The average Bonchev–Trinajstić information content (AvgIpc) is 3.49. The summed E-state index contributed by atoms with van der Waals surface area (Å²) in [5.74, 6) is 0.0229. The Bertz CT molecular complexity index is 1390. The SMILES string of the molecule is Cc1cn(-c2nc(N3CCN(C(=O)N4N=CCC4c4cc(F)cc(C#N)c4)CC3)ncc2F)c(C)n1. The number of hydrazone groups is 1. The smallest absolute Gasteiger partial charge is 0.337 e. The lowest BCUT2D eigenvalue weighted by molar-refractivity contribution is 0.139. The molecule has 0 spiro atoms. The summed E-state index contributed by atoms with van der Waals surface area (Å²) in [6.07, 6.45) is 4.90. The number of benzene rings is 1. The Hall–Kier alpha value is -4.40. The third kappa shape index (κ3) is 4.35. The first-order valence-corrected chi connectivity index (χ1v) is 11.5. The van der Waals surface area contributed by atoms with Gasteiger partial charge in [-0.3, -0.25) is 4.57 Å². The molecule has 1 atom stereocenters. The number of amides is 2. The summed E-state index contributed by atoms with van der Waals surface area (Å²) >= 11 is 0.